The van der Waals surface area contributed by atoms with Gasteiger partial charge in [-0.1, -0.05) is 0 Å². The lowest BCUT2D eigenvalue weighted by Crippen LogP contribution is -2.26. The highest BCUT2D eigenvalue weighted by molar-refractivity contribution is 5.48. The van der Waals surface area contributed by atoms with Crippen LogP contribution in [0.3, 0.4) is 0 Å². The van der Waals surface area contributed by atoms with Crippen LogP contribution in [0.2, 0.25) is 0 Å². The molecule has 82 valence electrons. The molecule has 15 heavy (non-hydrogen) atoms. The molecule has 0 aromatic carbocycles. The predicted molar refractivity (Wildman–Crippen MR) is 57.4 cm³/mol. The van der Waals surface area contributed by atoms with E-state index in [0.717, 1.165) is 22.9 Å². The number of hydrogen-bond acceptors (Lipinski definition) is 5. The van der Waals surface area contributed by atoms with Gasteiger partial charge < -0.3 is 15.8 Å². The van der Waals surface area contributed by atoms with E-state index in [-0.39, 0.29) is 6.04 Å². The molecule has 5 nitrogen and oxygen atoms in total. The molecule has 2 heterocycles. The van der Waals surface area contributed by atoms with Crippen molar-refractivity contribution in [2.24, 2.45) is 5.73 Å². The van der Waals surface area contributed by atoms with Crippen molar-refractivity contribution in [3.63, 3.8) is 0 Å². The maximum absolute atomic E-state index is 5.57. The first-order chi connectivity index (χ1) is 7.20. The molecule has 0 radical (unpaired) electrons. The second-order valence-electron chi connectivity index (χ2n) is 3.82. The fourth-order valence-electron chi connectivity index (χ4n) is 1.59. The summed E-state index contributed by atoms with van der Waals surface area (Å²) in [6, 6.07) is 0.212. The Morgan fingerprint density at radius 1 is 1.47 bits per heavy atom. The molecule has 0 amide bonds. The predicted octanol–water partition coefficient (Wildman–Crippen LogP) is 0.574. The Balaban J connectivity index is 2.30. The third-order valence-electron chi connectivity index (χ3n) is 2.43. The van der Waals surface area contributed by atoms with E-state index in [1.165, 1.54) is 0 Å². The second-order valence-corrected chi connectivity index (χ2v) is 3.82. The summed E-state index contributed by atoms with van der Waals surface area (Å²) < 4.78 is 5.35. The van der Waals surface area contributed by atoms with E-state index in [4.69, 9.17) is 10.5 Å². The third-order valence-corrected chi connectivity index (χ3v) is 2.43. The van der Waals surface area contributed by atoms with Gasteiger partial charge >= 0.3 is 0 Å². The van der Waals surface area contributed by atoms with Gasteiger partial charge in [-0.2, -0.15) is 0 Å². The summed E-state index contributed by atoms with van der Waals surface area (Å²) in [5, 5.41) is 3.28. The summed E-state index contributed by atoms with van der Waals surface area (Å²) in [4.78, 5) is 8.72. The van der Waals surface area contributed by atoms with Crippen LogP contribution in [-0.4, -0.2) is 22.6 Å². The molecule has 0 fully saturated rings. The zero-order chi connectivity index (χ0) is 10.8. The zero-order valence-corrected chi connectivity index (χ0v) is 9.08. The Bertz CT molecular complexity index is 367. The van der Waals surface area contributed by atoms with E-state index < -0.39 is 0 Å². The van der Waals surface area contributed by atoms with Gasteiger partial charge in [-0.05, 0) is 13.8 Å². The molecule has 2 rings (SSSR count). The molecule has 1 aliphatic rings. The molecule has 3 N–H and O–H groups in total. The maximum atomic E-state index is 5.57. The first kappa shape index (κ1) is 10.3. The van der Waals surface area contributed by atoms with Gasteiger partial charge in [-0.25, -0.2) is 9.97 Å². The summed E-state index contributed by atoms with van der Waals surface area (Å²) in [5.74, 6) is 1.64. The number of ether oxygens (including phenoxy) is 1. The van der Waals surface area contributed by atoms with Gasteiger partial charge in [0.15, 0.2) is 0 Å². The van der Waals surface area contributed by atoms with Crippen molar-refractivity contribution in [3.05, 3.63) is 17.1 Å². The van der Waals surface area contributed by atoms with E-state index in [0.29, 0.717) is 19.8 Å². The molecular formula is C10H16N4O. The highest BCUT2D eigenvalue weighted by atomic mass is 16.5. The summed E-state index contributed by atoms with van der Waals surface area (Å²) in [6.45, 7) is 5.68. The molecule has 0 aliphatic carbocycles. The minimum Gasteiger partial charge on any atom is -0.370 e. The monoisotopic (exact) mass is 208 g/mol. The van der Waals surface area contributed by atoms with Crippen molar-refractivity contribution in [3.8, 4) is 0 Å². The molecule has 1 atom stereocenters. The number of nitrogens with one attached hydrogen (secondary N) is 1. The minimum atomic E-state index is 0.212. The number of aromatic nitrogens is 2. The number of anilines is 1. The molecule has 0 saturated heterocycles. The van der Waals surface area contributed by atoms with Crippen LogP contribution in [0.4, 0.5) is 5.82 Å². The van der Waals surface area contributed by atoms with Crippen molar-refractivity contribution >= 4 is 5.82 Å². The third kappa shape index (κ3) is 2.08. The van der Waals surface area contributed by atoms with E-state index in [9.17, 15) is 0 Å². The number of nitrogens with two attached hydrogens (primary N) is 1. The van der Waals surface area contributed by atoms with Crippen LogP contribution < -0.4 is 11.1 Å². The minimum absolute atomic E-state index is 0.212. The lowest BCUT2D eigenvalue weighted by atomic mass is 10.2. The Kier molecular flexibility index (Phi) is 2.83. The smallest absolute Gasteiger partial charge is 0.135 e. The fraction of sp³-hybridized carbons (Fsp3) is 0.600. The maximum Gasteiger partial charge on any atom is 0.135 e. The Labute approximate surface area is 89.1 Å². The van der Waals surface area contributed by atoms with Gasteiger partial charge in [0, 0.05) is 18.2 Å². The Hall–Kier alpha value is -1.20. The summed E-state index contributed by atoms with van der Waals surface area (Å²) >= 11 is 0. The van der Waals surface area contributed by atoms with Crippen LogP contribution in [0, 0.1) is 6.92 Å². The van der Waals surface area contributed by atoms with Crippen molar-refractivity contribution < 1.29 is 4.74 Å². The van der Waals surface area contributed by atoms with E-state index in [1.807, 2.05) is 13.8 Å². The van der Waals surface area contributed by atoms with Crippen LogP contribution in [0.1, 0.15) is 24.0 Å². The van der Waals surface area contributed by atoms with Crippen LogP contribution in [0.5, 0.6) is 0 Å². The average molecular weight is 208 g/mol. The first-order valence-electron chi connectivity index (χ1n) is 5.11. The largest absolute Gasteiger partial charge is 0.370 e. The van der Waals surface area contributed by atoms with Crippen molar-refractivity contribution in [2.75, 3.05) is 11.9 Å². The summed E-state index contributed by atoms with van der Waals surface area (Å²) in [5.41, 5.74) is 7.63. The van der Waals surface area contributed by atoms with Crippen LogP contribution in [0.25, 0.3) is 0 Å². The van der Waals surface area contributed by atoms with Crippen molar-refractivity contribution in [2.45, 2.75) is 33.1 Å². The molecule has 0 bridgehead atoms. The van der Waals surface area contributed by atoms with Crippen LogP contribution >= 0.6 is 0 Å². The van der Waals surface area contributed by atoms with Gasteiger partial charge in [0.25, 0.3) is 0 Å². The molecule has 1 aromatic heterocycles. The number of fused-ring (bicyclic) bond motifs is 1. The SMILES string of the molecule is Cc1nc2c(c(NC(C)CN)n1)COC2. The van der Waals surface area contributed by atoms with Gasteiger partial charge in [0.2, 0.25) is 0 Å². The lowest BCUT2D eigenvalue weighted by Gasteiger charge is -2.14. The van der Waals surface area contributed by atoms with E-state index in [2.05, 4.69) is 15.3 Å². The Morgan fingerprint density at radius 2 is 2.27 bits per heavy atom. The molecule has 1 unspecified atom stereocenters. The number of rotatable bonds is 3. The zero-order valence-electron chi connectivity index (χ0n) is 9.08. The first-order valence-corrected chi connectivity index (χ1v) is 5.11. The molecule has 5 heteroatoms. The van der Waals surface area contributed by atoms with Gasteiger partial charge in [-0.15, -0.1) is 0 Å². The second kappa shape index (κ2) is 4.12. The molecule has 1 aliphatic heterocycles. The standard InChI is InChI=1S/C10H16N4O/c1-6(3-11)12-10-8-4-15-5-9(8)13-7(2)14-10/h6H,3-5,11H2,1-2H3,(H,12,13,14). The van der Waals surface area contributed by atoms with Crippen molar-refractivity contribution in [1.29, 1.82) is 0 Å². The topological polar surface area (TPSA) is 73.1 Å². The van der Waals surface area contributed by atoms with Gasteiger partial charge in [0.05, 0.1) is 18.9 Å². The Morgan fingerprint density at radius 3 is 3.00 bits per heavy atom. The molecule has 0 saturated carbocycles. The summed E-state index contributed by atoms with van der Waals surface area (Å²) in [7, 11) is 0. The highest BCUT2D eigenvalue weighted by Crippen LogP contribution is 2.24. The van der Waals surface area contributed by atoms with Gasteiger partial charge in [0.1, 0.15) is 11.6 Å². The van der Waals surface area contributed by atoms with E-state index >= 15 is 0 Å². The highest BCUT2D eigenvalue weighted by Gasteiger charge is 2.19. The fourth-order valence-corrected chi connectivity index (χ4v) is 1.59. The van der Waals surface area contributed by atoms with Crippen LogP contribution in [-0.2, 0) is 18.0 Å². The molecule has 1 aromatic rings. The van der Waals surface area contributed by atoms with Crippen molar-refractivity contribution in [1.82, 2.24) is 9.97 Å². The number of hydrogen-bond donors (Lipinski definition) is 2. The lowest BCUT2D eigenvalue weighted by molar-refractivity contribution is 0.133. The van der Waals surface area contributed by atoms with E-state index in [1.54, 1.807) is 0 Å². The average Bonchev–Trinajstić information content (AvgIpc) is 2.65. The van der Waals surface area contributed by atoms with Gasteiger partial charge in [-0.3, -0.25) is 0 Å². The molecule has 0 spiro atoms. The van der Waals surface area contributed by atoms with Crippen LogP contribution in [0.15, 0.2) is 0 Å². The normalized spacial score (nSPS) is 16.2. The number of nitrogens with zero attached hydrogens (tertiary/aromatic N) is 2. The quantitative estimate of drug-likeness (QED) is 0.760. The molecular weight excluding hydrogens is 192 g/mol. The summed E-state index contributed by atoms with van der Waals surface area (Å²) in [6.07, 6.45) is 0. The number of aryl methyl sites for hydroxylation is 1.